The van der Waals surface area contributed by atoms with Crippen molar-refractivity contribution in [2.24, 2.45) is 5.92 Å². The van der Waals surface area contributed by atoms with Crippen LogP contribution in [0.3, 0.4) is 0 Å². The maximum atomic E-state index is 11.8. The second kappa shape index (κ2) is 5.33. The van der Waals surface area contributed by atoms with Crippen LogP contribution in [0.2, 0.25) is 0 Å². The first-order chi connectivity index (χ1) is 8.93. The minimum Gasteiger partial charge on any atom is -0.469 e. The zero-order chi connectivity index (χ0) is 14.0. The molecule has 1 fully saturated rings. The molecule has 2 unspecified atom stereocenters. The molecule has 1 heterocycles. The fourth-order valence-corrected chi connectivity index (χ4v) is 2.66. The van der Waals surface area contributed by atoms with E-state index >= 15 is 0 Å². The first-order valence-corrected chi connectivity index (χ1v) is 6.82. The molecule has 0 spiro atoms. The van der Waals surface area contributed by atoms with Crippen LogP contribution in [0.15, 0.2) is 24.3 Å². The lowest BCUT2D eigenvalue weighted by Crippen LogP contribution is -2.23. The lowest BCUT2D eigenvalue weighted by Gasteiger charge is -2.21. The predicted octanol–water partition coefficient (Wildman–Crippen LogP) is 2.46. The summed E-state index contributed by atoms with van der Waals surface area (Å²) in [6, 6.07) is 8.63. The second-order valence-electron chi connectivity index (χ2n) is 6.27. The Labute approximate surface area is 115 Å². The first-order valence-electron chi connectivity index (χ1n) is 6.82. The second-order valence-corrected chi connectivity index (χ2v) is 6.27. The van der Waals surface area contributed by atoms with Crippen LogP contribution in [0.1, 0.15) is 37.8 Å². The van der Waals surface area contributed by atoms with E-state index < -0.39 is 0 Å². The van der Waals surface area contributed by atoms with Crippen molar-refractivity contribution in [2.45, 2.75) is 32.1 Å². The summed E-state index contributed by atoms with van der Waals surface area (Å²) < 4.78 is 4.88. The first kappa shape index (κ1) is 14.1. The molecule has 2 rings (SSSR count). The van der Waals surface area contributed by atoms with Gasteiger partial charge in [-0.1, -0.05) is 45.0 Å². The van der Waals surface area contributed by atoms with Gasteiger partial charge in [0.1, 0.15) is 0 Å². The monoisotopic (exact) mass is 261 g/mol. The molecule has 104 valence electrons. The molecule has 0 radical (unpaired) electrons. The summed E-state index contributed by atoms with van der Waals surface area (Å²) in [4.78, 5) is 11.8. The van der Waals surface area contributed by atoms with Gasteiger partial charge in [-0.2, -0.15) is 0 Å². The van der Waals surface area contributed by atoms with Crippen LogP contribution in [0, 0.1) is 5.92 Å². The number of carbonyl (C=O) groups excluding carboxylic acids is 1. The normalized spacial score (nSPS) is 23.4. The van der Waals surface area contributed by atoms with Gasteiger partial charge in [0.15, 0.2) is 0 Å². The molecule has 1 saturated heterocycles. The fourth-order valence-electron chi connectivity index (χ4n) is 2.66. The van der Waals surface area contributed by atoms with E-state index in [0.29, 0.717) is 6.54 Å². The zero-order valence-corrected chi connectivity index (χ0v) is 12.2. The van der Waals surface area contributed by atoms with E-state index in [1.165, 1.54) is 18.2 Å². The smallest absolute Gasteiger partial charge is 0.310 e. The molecule has 3 heteroatoms. The quantitative estimate of drug-likeness (QED) is 0.831. The average molecular weight is 261 g/mol. The molecule has 0 amide bonds. The maximum Gasteiger partial charge on any atom is 0.310 e. The van der Waals surface area contributed by atoms with Crippen molar-refractivity contribution < 1.29 is 9.53 Å². The van der Waals surface area contributed by atoms with E-state index in [0.717, 1.165) is 6.54 Å². The fraction of sp³-hybridized carbons (Fsp3) is 0.562. The molecule has 3 nitrogen and oxygen atoms in total. The number of rotatable bonds is 2. The van der Waals surface area contributed by atoms with Crippen LogP contribution in [0.4, 0.5) is 0 Å². The van der Waals surface area contributed by atoms with Crippen molar-refractivity contribution in [3.63, 3.8) is 0 Å². The predicted molar refractivity (Wildman–Crippen MR) is 76.3 cm³/mol. The third-order valence-electron chi connectivity index (χ3n) is 3.92. The molecule has 1 aliphatic heterocycles. The number of methoxy groups -OCH3 is 1. The summed E-state index contributed by atoms with van der Waals surface area (Å²) in [5.74, 6) is 0.0434. The van der Waals surface area contributed by atoms with Gasteiger partial charge in [-0.3, -0.25) is 4.79 Å². The number of carbonyl (C=O) groups is 1. The molecule has 0 saturated carbocycles. The van der Waals surface area contributed by atoms with Crippen molar-refractivity contribution >= 4 is 5.97 Å². The molecular formula is C16H23NO2. The van der Waals surface area contributed by atoms with E-state index in [1.807, 2.05) is 0 Å². The summed E-state index contributed by atoms with van der Waals surface area (Å²) in [7, 11) is 1.46. The number of nitrogens with one attached hydrogen (secondary N) is 1. The zero-order valence-electron chi connectivity index (χ0n) is 12.2. The molecule has 1 aromatic rings. The van der Waals surface area contributed by atoms with Crippen molar-refractivity contribution in [3.05, 3.63) is 35.4 Å². The third-order valence-corrected chi connectivity index (χ3v) is 3.92. The van der Waals surface area contributed by atoms with E-state index in [9.17, 15) is 4.79 Å². The highest BCUT2D eigenvalue weighted by molar-refractivity contribution is 5.74. The Bertz CT molecular complexity index is 445. The van der Waals surface area contributed by atoms with Crippen LogP contribution in [0.25, 0.3) is 0 Å². The highest BCUT2D eigenvalue weighted by Crippen LogP contribution is 2.31. The molecule has 1 aliphatic rings. The lowest BCUT2D eigenvalue weighted by molar-refractivity contribution is -0.145. The maximum absolute atomic E-state index is 11.8. The summed E-state index contributed by atoms with van der Waals surface area (Å²) in [5.41, 5.74) is 2.69. The molecule has 1 aromatic carbocycles. The topological polar surface area (TPSA) is 38.3 Å². The van der Waals surface area contributed by atoms with Crippen molar-refractivity contribution in [2.75, 3.05) is 20.2 Å². The van der Waals surface area contributed by atoms with Crippen LogP contribution < -0.4 is 5.32 Å². The van der Waals surface area contributed by atoms with E-state index in [2.05, 4.69) is 50.4 Å². The number of benzene rings is 1. The van der Waals surface area contributed by atoms with Gasteiger partial charge < -0.3 is 10.1 Å². The molecular weight excluding hydrogens is 238 g/mol. The summed E-state index contributed by atoms with van der Waals surface area (Å²) in [5, 5.41) is 3.28. The number of esters is 1. The summed E-state index contributed by atoms with van der Waals surface area (Å²) in [6.45, 7) is 8.16. The van der Waals surface area contributed by atoms with E-state index in [-0.39, 0.29) is 23.2 Å². The van der Waals surface area contributed by atoms with Gasteiger partial charge in [-0.05, 0) is 16.5 Å². The Morgan fingerprint density at radius 1 is 1.21 bits per heavy atom. The number of hydrogen-bond donors (Lipinski definition) is 1. The number of ether oxygens (including phenoxy) is 1. The van der Waals surface area contributed by atoms with Gasteiger partial charge >= 0.3 is 5.97 Å². The van der Waals surface area contributed by atoms with Gasteiger partial charge in [0.05, 0.1) is 13.0 Å². The Morgan fingerprint density at radius 2 is 1.84 bits per heavy atom. The summed E-state index contributed by atoms with van der Waals surface area (Å²) in [6.07, 6.45) is 0. The standard InChI is InChI=1S/C16H23NO2/c1-16(2,3)12-7-5-11(6-8-12)13-9-17-10-14(13)15(18)19-4/h5-8,13-14,17H,9-10H2,1-4H3. The molecule has 0 bridgehead atoms. The molecule has 1 N–H and O–H groups in total. The van der Waals surface area contributed by atoms with E-state index in [4.69, 9.17) is 4.74 Å². The molecule has 19 heavy (non-hydrogen) atoms. The van der Waals surface area contributed by atoms with Gasteiger partial charge in [0.2, 0.25) is 0 Å². The SMILES string of the molecule is COC(=O)C1CNCC1c1ccc(C(C)(C)C)cc1. The molecule has 0 aliphatic carbocycles. The lowest BCUT2D eigenvalue weighted by atomic mass is 9.83. The Kier molecular flexibility index (Phi) is 3.95. The van der Waals surface area contributed by atoms with Gasteiger partial charge in [-0.15, -0.1) is 0 Å². The van der Waals surface area contributed by atoms with E-state index in [1.54, 1.807) is 0 Å². The van der Waals surface area contributed by atoms with Crippen LogP contribution in [0.5, 0.6) is 0 Å². The van der Waals surface area contributed by atoms with Crippen molar-refractivity contribution in [1.82, 2.24) is 5.32 Å². The average Bonchev–Trinajstić information content (AvgIpc) is 2.86. The molecule has 0 aromatic heterocycles. The Hall–Kier alpha value is -1.35. The van der Waals surface area contributed by atoms with Crippen LogP contribution in [-0.2, 0) is 14.9 Å². The van der Waals surface area contributed by atoms with Crippen molar-refractivity contribution in [1.29, 1.82) is 0 Å². The number of hydrogen-bond acceptors (Lipinski definition) is 3. The van der Waals surface area contributed by atoms with Crippen LogP contribution >= 0.6 is 0 Å². The van der Waals surface area contributed by atoms with Crippen LogP contribution in [-0.4, -0.2) is 26.2 Å². The van der Waals surface area contributed by atoms with Gasteiger partial charge in [0.25, 0.3) is 0 Å². The van der Waals surface area contributed by atoms with Crippen molar-refractivity contribution in [3.8, 4) is 0 Å². The minimum absolute atomic E-state index is 0.0644. The van der Waals surface area contributed by atoms with Gasteiger partial charge in [-0.25, -0.2) is 0 Å². The Balaban J connectivity index is 2.20. The highest BCUT2D eigenvalue weighted by atomic mass is 16.5. The Morgan fingerprint density at radius 3 is 2.37 bits per heavy atom. The summed E-state index contributed by atoms with van der Waals surface area (Å²) >= 11 is 0. The molecule has 2 atom stereocenters. The largest absolute Gasteiger partial charge is 0.469 e. The van der Waals surface area contributed by atoms with Gasteiger partial charge in [0, 0.05) is 19.0 Å². The third kappa shape index (κ3) is 2.98. The minimum atomic E-state index is -0.116. The highest BCUT2D eigenvalue weighted by Gasteiger charge is 2.34.